The Labute approximate surface area is 173 Å². The summed E-state index contributed by atoms with van der Waals surface area (Å²) >= 11 is 0. The van der Waals surface area contributed by atoms with Gasteiger partial charge in [-0.3, -0.25) is 19.9 Å². The Kier molecular flexibility index (Phi) is 4.79. The van der Waals surface area contributed by atoms with Crippen LogP contribution in [0.3, 0.4) is 0 Å². The molecule has 0 bridgehead atoms. The highest BCUT2D eigenvalue weighted by atomic mass is 16.2. The predicted molar refractivity (Wildman–Crippen MR) is 113 cm³/mol. The normalized spacial score (nSPS) is 15.6. The van der Waals surface area contributed by atoms with Gasteiger partial charge in [0.1, 0.15) is 5.57 Å². The third-order valence-electron chi connectivity index (χ3n) is 5.05. The minimum absolute atomic E-state index is 0.101. The highest BCUT2D eigenvalue weighted by Gasteiger charge is 2.37. The molecule has 150 valence electrons. The number of carbonyl (C=O) groups is 3. The van der Waals surface area contributed by atoms with Crippen molar-refractivity contribution in [1.29, 1.82) is 0 Å². The number of benzene rings is 1. The van der Waals surface area contributed by atoms with Crippen LogP contribution in [0, 0.1) is 20.8 Å². The van der Waals surface area contributed by atoms with Crippen LogP contribution in [0.4, 0.5) is 10.5 Å². The molecule has 1 N–H and O–H groups in total. The summed E-state index contributed by atoms with van der Waals surface area (Å²) in [5, 5.41) is 2.24. The Morgan fingerprint density at radius 1 is 0.933 bits per heavy atom. The van der Waals surface area contributed by atoms with Gasteiger partial charge in [-0.1, -0.05) is 12.1 Å². The summed E-state index contributed by atoms with van der Waals surface area (Å²) in [6, 6.07) is 12.3. The highest BCUT2D eigenvalue weighted by molar-refractivity contribution is 6.39. The van der Waals surface area contributed by atoms with Gasteiger partial charge < -0.3 is 4.57 Å². The Balaban J connectivity index is 1.77. The second-order valence-electron chi connectivity index (χ2n) is 7.16. The molecule has 0 saturated carbocycles. The molecule has 7 heteroatoms. The summed E-state index contributed by atoms with van der Waals surface area (Å²) in [6.07, 6.45) is 4.49. The average molecular weight is 400 g/mol. The van der Waals surface area contributed by atoms with Crippen LogP contribution in [-0.4, -0.2) is 27.4 Å². The lowest BCUT2D eigenvalue weighted by Gasteiger charge is -2.26. The summed E-state index contributed by atoms with van der Waals surface area (Å²) in [5.41, 5.74) is 4.97. The number of carbonyl (C=O) groups excluding carboxylic acids is 3. The molecule has 0 aliphatic carbocycles. The van der Waals surface area contributed by atoms with E-state index in [0.717, 1.165) is 33.1 Å². The van der Waals surface area contributed by atoms with E-state index in [1.807, 2.05) is 45.0 Å². The quantitative estimate of drug-likeness (QED) is 0.539. The molecule has 1 aromatic carbocycles. The van der Waals surface area contributed by atoms with E-state index >= 15 is 0 Å². The molecule has 3 aromatic rings. The zero-order valence-corrected chi connectivity index (χ0v) is 16.8. The SMILES string of the molecule is Cc1cccc(-n2c(C)cc(/C=C3\C(=O)NC(=O)N(c4ccncc4)C3=O)c2C)c1. The Morgan fingerprint density at radius 2 is 1.67 bits per heavy atom. The molecule has 4 rings (SSSR count). The number of aromatic nitrogens is 2. The molecular weight excluding hydrogens is 380 g/mol. The van der Waals surface area contributed by atoms with Crippen LogP contribution in [0.25, 0.3) is 11.8 Å². The number of nitrogens with zero attached hydrogens (tertiary/aromatic N) is 3. The first kappa shape index (κ1) is 19.3. The lowest BCUT2D eigenvalue weighted by atomic mass is 10.1. The van der Waals surface area contributed by atoms with Gasteiger partial charge in [0.05, 0.1) is 5.69 Å². The van der Waals surface area contributed by atoms with Crippen molar-refractivity contribution in [3.63, 3.8) is 0 Å². The number of aryl methyl sites for hydroxylation is 2. The van der Waals surface area contributed by atoms with Gasteiger partial charge in [-0.2, -0.15) is 0 Å². The summed E-state index contributed by atoms with van der Waals surface area (Å²) in [5.74, 6) is -1.38. The molecule has 3 heterocycles. The van der Waals surface area contributed by atoms with Gasteiger partial charge in [0.25, 0.3) is 11.8 Å². The number of barbiturate groups is 1. The van der Waals surface area contributed by atoms with Crippen molar-refractivity contribution < 1.29 is 14.4 Å². The number of rotatable bonds is 3. The minimum Gasteiger partial charge on any atom is -0.318 e. The van der Waals surface area contributed by atoms with Gasteiger partial charge in [0, 0.05) is 29.5 Å². The van der Waals surface area contributed by atoms with Gasteiger partial charge >= 0.3 is 6.03 Å². The Bertz CT molecular complexity index is 1210. The summed E-state index contributed by atoms with van der Waals surface area (Å²) in [6.45, 7) is 5.92. The molecule has 1 aliphatic heterocycles. The first-order chi connectivity index (χ1) is 14.4. The molecule has 0 unspecified atom stereocenters. The van der Waals surface area contributed by atoms with Crippen LogP contribution in [0.15, 0.2) is 60.4 Å². The Hall–Kier alpha value is -4.00. The van der Waals surface area contributed by atoms with E-state index in [1.165, 1.54) is 30.6 Å². The van der Waals surface area contributed by atoms with Gasteiger partial charge in [-0.05, 0) is 68.3 Å². The first-order valence-corrected chi connectivity index (χ1v) is 9.44. The van der Waals surface area contributed by atoms with Crippen molar-refractivity contribution in [3.05, 3.63) is 82.9 Å². The fraction of sp³-hybridized carbons (Fsp3) is 0.130. The number of imide groups is 2. The summed E-state index contributed by atoms with van der Waals surface area (Å²) < 4.78 is 2.07. The van der Waals surface area contributed by atoms with Gasteiger partial charge in [0.2, 0.25) is 0 Å². The van der Waals surface area contributed by atoms with Gasteiger partial charge in [-0.25, -0.2) is 9.69 Å². The lowest BCUT2D eigenvalue weighted by molar-refractivity contribution is -0.122. The van der Waals surface area contributed by atoms with Crippen molar-refractivity contribution >= 4 is 29.6 Å². The summed E-state index contributed by atoms with van der Waals surface area (Å²) in [7, 11) is 0. The Morgan fingerprint density at radius 3 is 2.37 bits per heavy atom. The molecule has 1 aliphatic rings. The number of hydrogen-bond acceptors (Lipinski definition) is 4. The standard InChI is InChI=1S/C23H20N4O3/c1-14-5-4-6-19(11-14)26-15(2)12-17(16(26)3)13-20-21(28)25-23(30)27(22(20)29)18-7-9-24-10-8-18/h4-13H,1-3H3,(H,25,28,30)/b20-13+. The topological polar surface area (TPSA) is 84.3 Å². The van der Waals surface area contributed by atoms with E-state index in [4.69, 9.17) is 0 Å². The van der Waals surface area contributed by atoms with Gasteiger partial charge in [-0.15, -0.1) is 0 Å². The van der Waals surface area contributed by atoms with E-state index in [-0.39, 0.29) is 5.57 Å². The van der Waals surface area contributed by atoms with Crippen LogP contribution in [0.5, 0.6) is 0 Å². The van der Waals surface area contributed by atoms with E-state index in [0.29, 0.717) is 5.69 Å². The molecule has 7 nitrogen and oxygen atoms in total. The largest absolute Gasteiger partial charge is 0.335 e. The third kappa shape index (κ3) is 3.30. The zero-order valence-electron chi connectivity index (χ0n) is 16.8. The maximum absolute atomic E-state index is 13.0. The van der Waals surface area contributed by atoms with Crippen molar-refractivity contribution in [2.24, 2.45) is 0 Å². The number of amides is 4. The van der Waals surface area contributed by atoms with Crippen molar-refractivity contribution in [3.8, 4) is 5.69 Å². The van der Waals surface area contributed by atoms with Crippen LogP contribution in [0.2, 0.25) is 0 Å². The fourth-order valence-corrected chi connectivity index (χ4v) is 3.64. The van der Waals surface area contributed by atoms with E-state index in [9.17, 15) is 14.4 Å². The third-order valence-corrected chi connectivity index (χ3v) is 5.05. The molecule has 30 heavy (non-hydrogen) atoms. The number of nitrogens with one attached hydrogen (secondary N) is 1. The molecule has 0 spiro atoms. The van der Waals surface area contributed by atoms with Crippen LogP contribution < -0.4 is 10.2 Å². The lowest BCUT2D eigenvalue weighted by Crippen LogP contribution is -2.54. The van der Waals surface area contributed by atoms with Crippen molar-refractivity contribution in [2.45, 2.75) is 20.8 Å². The van der Waals surface area contributed by atoms with E-state index < -0.39 is 17.8 Å². The molecular formula is C23H20N4O3. The summed E-state index contributed by atoms with van der Waals surface area (Å²) in [4.78, 5) is 42.6. The van der Waals surface area contributed by atoms with Crippen LogP contribution in [-0.2, 0) is 9.59 Å². The molecule has 0 atom stereocenters. The smallest absolute Gasteiger partial charge is 0.318 e. The number of hydrogen-bond donors (Lipinski definition) is 1. The predicted octanol–water partition coefficient (Wildman–Crippen LogP) is 3.46. The van der Waals surface area contributed by atoms with E-state index in [2.05, 4.69) is 20.9 Å². The molecule has 0 radical (unpaired) electrons. The molecule has 2 aromatic heterocycles. The van der Waals surface area contributed by atoms with Gasteiger partial charge in [0.15, 0.2) is 0 Å². The second-order valence-corrected chi connectivity index (χ2v) is 7.16. The maximum Gasteiger partial charge on any atom is 0.335 e. The van der Waals surface area contributed by atoms with Crippen molar-refractivity contribution in [1.82, 2.24) is 14.9 Å². The highest BCUT2D eigenvalue weighted by Crippen LogP contribution is 2.26. The van der Waals surface area contributed by atoms with Crippen molar-refractivity contribution in [2.75, 3.05) is 4.90 Å². The van der Waals surface area contributed by atoms with Crippen LogP contribution in [0.1, 0.15) is 22.5 Å². The molecule has 1 saturated heterocycles. The number of urea groups is 1. The number of pyridine rings is 1. The first-order valence-electron chi connectivity index (χ1n) is 9.44. The zero-order chi connectivity index (χ0) is 21.4. The van der Waals surface area contributed by atoms with E-state index in [1.54, 1.807) is 0 Å². The van der Waals surface area contributed by atoms with Crippen LogP contribution >= 0.6 is 0 Å². The monoisotopic (exact) mass is 400 g/mol. The second kappa shape index (κ2) is 7.44. The maximum atomic E-state index is 13.0. The number of anilines is 1. The molecule has 1 fully saturated rings. The average Bonchev–Trinajstić information content (AvgIpc) is 2.99. The fourth-order valence-electron chi connectivity index (χ4n) is 3.64. The minimum atomic E-state index is -0.779. The molecule has 4 amide bonds.